The number of methoxy groups -OCH3 is 1. The van der Waals surface area contributed by atoms with Gasteiger partial charge < -0.3 is 19.5 Å². The van der Waals surface area contributed by atoms with Crippen LogP contribution in [0.25, 0.3) is 16.7 Å². The Morgan fingerprint density at radius 1 is 1.03 bits per heavy atom. The highest BCUT2D eigenvalue weighted by Crippen LogP contribution is 2.32. The maximum atomic E-state index is 13.3. The van der Waals surface area contributed by atoms with Crippen molar-refractivity contribution in [2.24, 2.45) is 5.92 Å². The molecule has 5 rings (SSSR count). The standard InChI is InChI=1S/C24H29N7O4/c1-35-18-15-26-22(31-9-8-27-28-31)20-19(18)17(14-25-20)21(32)24(34)30-12-10-29(11-13-30)23(33)16-6-4-2-3-5-7-16/h8-9,14-16,25H,2-7,10-13H2,1H3. The highest BCUT2D eigenvalue weighted by Gasteiger charge is 2.33. The van der Waals surface area contributed by atoms with Crippen LogP contribution in [-0.2, 0) is 9.59 Å². The topological polar surface area (TPSA) is 126 Å². The van der Waals surface area contributed by atoms with Gasteiger partial charge in [-0.25, -0.2) is 9.67 Å². The van der Waals surface area contributed by atoms with Crippen LogP contribution < -0.4 is 4.74 Å². The fourth-order valence-electron chi connectivity index (χ4n) is 5.11. The van der Waals surface area contributed by atoms with Gasteiger partial charge in [0.1, 0.15) is 5.75 Å². The van der Waals surface area contributed by atoms with E-state index in [9.17, 15) is 14.4 Å². The van der Waals surface area contributed by atoms with Gasteiger partial charge in [-0.1, -0.05) is 30.9 Å². The second kappa shape index (κ2) is 9.85. The average Bonchev–Trinajstić information content (AvgIpc) is 3.51. The Bertz CT molecular complexity index is 1220. The molecule has 0 spiro atoms. The van der Waals surface area contributed by atoms with E-state index in [0.29, 0.717) is 48.6 Å². The lowest BCUT2D eigenvalue weighted by atomic mass is 9.98. The first-order chi connectivity index (χ1) is 17.1. The van der Waals surface area contributed by atoms with Gasteiger partial charge in [-0.15, -0.1) is 5.10 Å². The van der Waals surface area contributed by atoms with Gasteiger partial charge in [0.15, 0.2) is 5.82 Å². The van der Waals surface area contributed by atoms with Crippen molar-refractivity contribution in [2.45, 2.75) is 38.5 Å². The van der Waals surface area contributed by atoms with Crippen LogP contribution in [0.1, 0.15) is 48.9 Å². The quantitative estimate of drug-likeness (QED) is 0.337. The van der Waals surface area contributed by atoms with E-state index in [-0.39, 0.29) is 17.4 Å². The first-order valence-corrected chi connectivity index (χ1v) is 12.1. The number of pyridine rings is 1. The molecule has 11 heteroatoms. The lowest BCUT2D eigenvalue weighted by Gasteiger charge is -2.36. The number of amides is 2. The third kappa shape index (κ3) is 4.38. The summed E-state index contributed by atoms with van der Waals surface area (Å²) in [7, 11) is 1.49. The van der Waals surface area contributed by atoms with Crippen LogP contribution in [0, 0.1) is 5.92 Å². The van der Waals surface area contributed by atoms with E-state index >= 15 is 0 Å². The van der Waals surface area contributed by atoms with E-state index in [2.05, 4.69) is 20.3 Å². The molecule has 2 fully saturated rings. The summed E-state index contributed by atoms with van der Waals surface area (Å²) >= 11 is 0. The molecule has 0 aromatic carbocycles. The van der Waals surface area contributed by atoms with Crippen molar-refractivity contribution < 1.29 is 19.1 Å². The number of ether oxygens (including phenoxy) is 1. The lowest BCUT2D eigenvalue weighted by Crippen LogP contribution is -2.53. The number of hydrogen-bond donors (Lipinski definition) is 1. The van der Waals surface area contributed by atoms with Crippen molar-refractivity contribution in [2.75, 3.05) is 33.3 Å². The highest BCUT2D eigenvalue weighted by molar-refractivity contribution is 6.45. The molecule has 35 heavy (non-hydrogen) atoms. The minimum absolute atomic E-state index is 0.0906. The number of nitrogens with one attached hydrogen (secondary N) is 1. The summed E-state index contributed by atoms with van der Waals surface area (Å²) in [5.41, 5.74) is 0.729. The van der Waals surface area contributed by atoms with Crippen molar-refractivity contribution in [3.05, 3.63) is 30.4 Å². The number of Topliss-reactive ketones (excluding diaryl/α,β-unsaturated/α-hetero) is 1. The van der Waals surface area contributed by atoms with Crippen molar-refractivity contribution >= 4 is 28.5 Å². The maximum Gasteiger partial charge on any atom is 0.295 e. The summed E-state index contributed by atoms with van der Waals surface area (Å²) in [4.78, 5) is 50.2. The van der Waals surface area contributed by atoms with Crippen LogP contribution in [0.3, 0.4) is 0 Å². The summed E-state index contributed by atoms with van der Waals surface area (Å²) in [6.07, 6.45) is 12.7. The third-order valence-corrected chi connectivity index (χ3v) is 7.04. The van der Waals surface area contributed by atoms with Crippen LogP contribution >= 0.6 is 0 Å². The molecule has 184 valence electrons. The monoisotopic (exact) mass is 479 g/mol. The molecule has 0 unspecified atom stereocenters. The Labute approximate surface area is 202 Å². The molecule has 1 saturated heterocycles. The van der Waals surface area contributed by atoms with E-state index in [1.54, 1.807) is 6.20 Å². The molecule has 1 aliphatic heterocycles. The van der Waals surface area contributed by atoms with Gasteiger partial charge in [0.2, 0.25) is 5.91 Å². The summed E-state index contributed by atoms with van der Waals surface area (Å²) < 4.78 is 6.90. The van der Waals surface area contributed by atoms with Gasteiger partial charge in [0, 0.05) is 38.3 Å². The van der Waals surface area contributed by atoms with Crippen LogP contribution in [-0.4, -0.2) is 85.6 Å². The highest BCUT2D eigenvalue weighted by atomic mass is 16.5. The van der Waals surface area contributed by atoms with E-state index < -0.39 is 11.7 Å². The molecular weight excluding hydrogens is 450 g/mol. The number of H-pyrrole nitrogens is 1. The molecule has 0 atom stereocenters. The van der Waals surface area contributed by atoms with Gasteiger partial charge in [-0.3, -0.25) is 14.4 Å². The van der Waals surface area contributed by atoms with Gasteiger partial charge in [-0.05, 0) is 12.8 Å². The Balaban J connectivity index is 1.31. The molecule has 2 aliphatic rings. The number of aromatic amines is 1. The molecule has 1 saturated carbocycles. The van der Waals surface area contributed by atoms with Crippen molar-refractivity contribution in [3.63, 3.8) is 0 Å². The smallest absolute Gasteiger partial charge is 0.295 e. The molecule has 0 radical (unpaired) electrons. The molecule has 3 aromatic heterocycles. The number of rotatable bonds is 5. The minimum Gasteiger partial charge on any atom is -0.494 e. The lowest BCUT2D eigenvalue weighted by molar-refractivity contribution is -0.140. The second-order valence-electron chi connectivity index (χ2n) is 9.09. The van der Waals surface area contributed by atoms with E-state index in [4.69, 9.17) is 4.74 Å². The van der Waals surface area contributed by atoms with E-state index in [0.717, 1.165) is 25.7 Å². The zero-order valence-electron chi connectivity index (χ0n) is 19.8. The van der Waals surface area contributed by atoms with Crippen LogP contribution in [0.5, 0.6) is 5.75 Å². The van der Waals surface area contributed by atoms with E-state index in [1.807, 2.05) is 4.90 Å². The summed E-state index contributed by atoms with van der Waals surface area (Å²) in [5.74, 6) is -0.120. The predicted octanol–water partition coefficient (Wildman–Crippen LogP) is 1.98. The van der Waals surface area contributed by atoms with Crippen LogP contribution in [0.15, 0.2) is 24.8 Å². The number of ketones is 1. The molecule has 2 amide bonds. The number of carbonyl (C=O) groups excluding carboxylic acids is 3. The summed E-state index contributed by atoms with van der Waals surface area (Å²) in [6.45, 7) is 1.58. The molecule has 1 N–H and O–H groups in total. The normalized spacial score (nSPS) is 17.4. The molecule has 3 aromatic rings. The zero-order chi connectivity index (χ0) is 24.4. The van der Waals surface area contributed by atoms with Gasteiger partial charge in [-0.2, -0.15) is 0 Å². The van der Waals surface area contributed by atoms with Gasteiger partial charge in [0.25, 0.3) is 11.7 Å². The van der Waals surface area contributed by atoms with Crippen molar-refractivity contribution in [1.29, 1.82) is 0 Å². The molecule has 0 bridgehead atoms. The SMILES string of the molecule is COc1cnc(-n2ccnn2)c2[nH]cc(C(=O)C(=O)N3CCN(C(=O)C4CCCCCC4)CC3)c12. The fourth-order valence-corrected chi connectivity index (χ4v) is 5.11. The first kappa shape index (κ1) is 23.0. The maximum absolute atomic E-state index is 13.3. The predicted molar refractivity (Wildman–Crippen MR) is 126 cm³/mol. The summed E-state index contributed by atoms with van der Waals surface area (Å²) in [5, 5.41) is 8.24. The number of fused-ring (bicyclic) bond motifs is 1. The van der Waals surface area contributed by atoms with Crippen LogP contribution in [0.2, 0.25) is 0 Å². The number of carbonyl (C=O) groups is 3. The summed E-state index contributed by atoms with van der Waals surface area (Å²) in [6, 6.07) is 0. The zero-order valence-corrected chi connectivity index (χ0v) is 19.8. The minimum atomic E-state index is -0.631. The first-order valence-electron chi connectivity index (χ1n) is 12.1. The van der Waals surface area contributed by atoms with Crippen LogP contribution in [0.4, 0.5) is 0 Å². The Morgan fingerprint density at radius 3 is 2.40 bits per heavy atom. The molecule has 11 nitrogen and oxygen atoms in total. The van der Waals surface area contributed by atoms with Crippen molar-refractivity contribution in [3.8, 4) is 11.6 Å². The van der Waals surface area contributed by atoms with Gasteiger partial charge in [0.05, 0.1) is 42.2 Å². The third-order valence-electron chi connectivity index (χ3n) is 7.04. The number of piperazine rings is 1. The van der Waals surface area contributed by atoms with Crippen molar-refractivity contribution in [1.82, 2.24) is 34.8 Å². The Hall–Kier alpha value is -3.76. The fraction of sp³-hybridized carbons (Fsp3) is 0.500. The largest absolute Gasteiger partial charge is 0.494 e. The second-order valence-corrected chi connectivity index (χ2v) is 9.09. The molecule has 1 aliphatic carbocycles. The number of hydrogen-bond acceptors (Lipinski definition) is 7. The Morgan fingerprint density at radius 2 is 1.74 bits per heavy atom. The van der Waals surface area contributed by atoms with E-state index in [1.165, 1.54) is 48.1 Å². The number of nitrogens with zero attached hydrogens (tertiary/aromatic N) is 6. The Kier molecular flexibility index (Phi) is 6.47. The average molecular weight is 480 g/mol. The van der Waals surface area contributed by atoms with Gasteiger partial charge >= 0.3 is 0 Å². The molecule has 4 heterocycles. The number of aromatic nitrogens is 5. The molecular formula is C24H29N7O4.